The standard InChI is InChI=1S/C20H38N2/c1-2-3-4-5-6-7-8-9-10-11-12-14-19-15-16-20-21-17-13-18-22(19)20/h19H,2-18H2,1H3. The van der Waals surface area contributed by atoms with Gasteiger partial charge < -0.3 is 4.90 Å². The Balaban J connectivity index is 1.39. The second-order valence-corrected chi connectivity index (χ2v) is 7.36. The Bertz CT molecular complexity index is 311. The number of fused-ring (bicyclic) bond motifs is 1. The van der Waals surface area contributed by atoms with Crippen molar-refractivity contribution >= 4 is 5.84 Å². The first-order valence-corrected chi connectivity index (χ1v) is 10.2. The zero-order chi connectivity index (χ0) is 15.5. The molecule has 2 heterocycles. The van der Waals surface area contributed by atoms with Crippen molar-refractivity contribution in [2.75, 3.05) is 13.1 Å². The normalized spacial score (nSPS) is 21.0. The highest BCUT2D eigenvalue weighted by Gasteiger charge is 2.29. The smallest absolute Gasteiger partial charge is 0.0992 e. The molecule has 0 radical (unpaired) electrons. The molecule has 1 atom stereocenters. The van der Waals surface area contributed by atoms with Crippen molar-refractivity contribution in [1.82, 2.24) is 4.90 Å². The molecule has 2 aliphatic rings. The summed E-state index contributed by atoms with van der Waals surface area (Å²) in [5, 5.41) is 0. The molecule has 1 saturated heterocycles. The van der Waals surface area contributed by atoms with E-state index in [0.717, 1.165) is 12.6 Å². The summed E-state index contributed by atoms with van der Waals surface area (Å²) in [5.41, 5.74) is 0. The molecule has 0 spiro atoms. The monoisotopic (exact) mass is 306 g/mol. The molecule has 1 unspecified atom stereocenters. The summed E-state index contributed by atoms with van der Waals surface area (Å²) in [6.45, 7) is 4.66. The Kier molecular flexibility index (Phi) is 8.97. The summed E-state index contributed by atoms with van der Waals surface area (Å²) >= 11 is 0. The molecule has 0 aliphatic carbocycles. The van der Waals surface area contributed by atoms with Crippen LogP contribution in [-0.4, -0.2) is 29.9 Å². The van der Waals surface area contributed by atoms with Crippen molar-refractivity contribution in [1.29, 1.82) is 0 Å². The van der Waals surface area contributed by atoms with Gasteiger partial charge in [0.15, 0.2) is 0 Å². The van der Waals surface area contributed by atoms with Gasteiger partial charge in [0.25, 0.3) is 0 Å². The summed E-state index contributed by atoms with van der Waals surface area (Å²) in [5.74, 6) is 1.43. The fourth-order valence-electron chi connectivity index (χ4n) is 4.08. The summed E-state index contributed by atoms with van der Waals surface area (Å²) in [6, 6.07) is 0.831. The number of amidine groups is 1. The highest BCUT2D eigenvalue weighted by atomic mass is 15.2. The van der Waals surface area contributed by atoms with Gasteiger partial charge in [-0.1, -0.05) is 77.6 Å². The second kappa shape index (κ2) is 11.1. The van der Waals surface area contributed by atoms with E-state index < -0.39 is 0 Å². The van der Waals surface area contributed by atoms with E-state index in [1.54, 1.807) is 0 Å². The van der Waals surface area contributed by atoms with E-state index in [2.05, 4.69) is 16.8 Å². The third-order valence-corrected chi connectivity index (χ3v) is 5.47. The first-order chi connectivity index (χ1) is 10.9. The van der Waals surface area contributed by atoms with Crippen LogP contribution in [-0.2, 0) is 0 Å². The minimum absolute atomic E-state index is 0.831. The van der Waals surface area contributed by atoms with Crippen LogP contribution < -0.4 is 0 Å². The first kappa shape index (κ1) is 17.8. The van der Waals surface area contributed by atoms with Crippen molar-refractivity contribution in [3.05, 3.63) is 0 Å². The van der Waals surface area contributed by atoms with Gasteiger partial charge in [0.2, 0.25) is 0 Å². The van der Waals surface area contributed by atoms with E-state index in [0.29, 0.717) is 0 Å². The Labute approximate surface area is 138 Å². The fourth-order valence-corrected chi connectivity index (χ4v) is 4.08. The third-order valence-electron chi connectivity index (χ3n) is 5.47. The molecule has 0 aromatic heterocycles. The fraction of sp³-hybridized carbons (Fsp3) is 0.950. The molecule has 2 rings (SSSR count). The lowest BCUT2D eigenvalue weighted by atomic mass is 10.0. The van der Waals surface area contributed by atoms with Crippen molar-refractivity contribution < 1.29 is 0 Å². The minimum atomic E-state index is 0.831. The van der Waals surface area contributed by atoms with Gasteiger partial charge in [0, 0.05) is 25.6 Å². The van der Waals surface area contributed by atoms with Crippen molar-refractivity contribution in [2.24, 2.45) is 4.99 Å². The van der Waals surface area contributed by atoms with Crippen LogP contribution in [0.1, 0.15) is 103 Å². The molecule has 2 heteroatoms. The second-order valence-electron chi connectivity index (χ2n) is 7.36. The highest BCUT2D eigenvalue weighted by Crippen LogP contribution is 2.26. The van der Waals surface area contributed by atoms with E-state index in [4.69, 9.17) is 0 Å². The van der Waals surface area contributed by atoms with Gasteiger partial charge in [-0.05, 0) is 19.3 Å². The van der Waals surface area contributed by atoms with Crippen LogP contribution in [0.15, 0.2) is 4.99 Å². The predicted molar refractivity (Wildman–Crippen MR) is 97.7 cm³/mol. The van der Waals surface area contributed by atoms with Crippen LogP contribution in [0.2, 0.25) is 0 Å². The third kappa shape index (κ3) is 6.30. The number of unbranched alkanes of at least 4 members (excludes halogenated alkanes) is 10. The molecule has 2 nitrogen and oxygen atoms in total. The van der Waals surface area contributed by atoms with Gasteiger partial charge in [0.05, 0.1) is 5.84 Å². The van der Waals surface area contributed by atoms with E-state index in [-0.39, 0.29) is 0 Å². The van der Waals surface area contributed by atoms with Gasteiger partial charge >= 0.3 is 0 Å². The lowest BCUT2D eigenvalue weighted by molar-refractivity contribution is 0.299. The van der Waals surface area contributed by atoms with Gasteiger partial charge in [0.1, 0.15) is 0 Å². The van der Waals surface area contributed by atoms with Crippen LogP contribution in [0.3, 0.4) is 0 Å². The van der Waals surface area contributed by atoms with E-state index in [1.807, 2.05) is 0 Å². The maximum atomic E-state index is 4.69. The Morgan fingerprint density at radius 1 is 0.909 bits per heavy atom. The number of aliphatic imine (C=N–C) groups is 1. The van der Waals surface area contributed by atoms with Crippen LogP contribution >= 0.6 is 0 Å². The van der Waals surface area contributed by atoms with Crippen molar-refractivity contribution in [3.63, 3.8) is 0 Å². The summed E-state index contributed by atoms with van der Waals surface area (Å²) in [4.78, 5) is 7.31. The quantitative estimate of drug-likeness (QED) is 0.406. The topological polar surface area (TPSA) is 15.6 Å². The van der Waals surface area contributed by atoms with Crippen LogP contribution in [0, 0.1) is 0 Å². The van der Waals surface area contributed by atoms with E-state index >= 15 is 0 Å². The molecule has 22 heavy (non-hydrogen) atoms. The van der Waals surface area contributed by atoms with Crippen molar-refractivity contribution in [2.45, 2.75) is 109 Å². The molecular formula is C20H38N2. The highest BCUT2D eigenvalue weighted by molar-refractivity contribution is 5.85. The number of rotatable bonds is 12. The largest absolute Gasteiger partial charge is 0.357 e. The van der Waals surface area contributed by atoms with E-state index in [1.165, 1.54) is 109 Å². The molecule has 0 bridgehead atoms. The van der Waals surface area contributed by atoms with Gasteiger partial charge in [-0.25, -0.2) is 0 Å². The zero-order valence-corrected chi connectivity index (χ0v) is 15.0. The maximum Gasteiger partial charge on any atom is 0.0992 e. The average molecular weight is 307 g/mol. The van der Waals surface area contributed by atoms with Crippen LogP contribution in [0.5, 0.6) is 0 Å². The maximum absolute atomic E-state index is 4.69. The minimum Gasteiger partial charge on any atom is -0.357 e. The number of hydrogen-bond donors (Lipinski definition) is 0. The Morgan fingerprint density at radius 2 is 1.55 bits per heavy atom. The lowest BCUT2D eigenvalue weighted by Crippen LogP contribution is -2.36. The summed E-state index contributed by atoms with van der Waals surface area (Å²) in [7, 11) is 0. The van der Waals surface area contributed by atoms with Gasteiger partial charge in [-0.2, -0.15) is 0 Å². The van der Waals surface area contributed by atoms with Gasteiger partial charge in [-0.15, -0.1) is 0 Å². The van der Waals surface area contributed by atoms with Crippen LogP contribution in [0.4, 0.5) is 0 Å². The SMILES string of the molecule is CCCCCCCCCCCCCC1CCC2=NCCCN21. The molecule has 0 aromatic rings. The molecule has 0 aromatic carbocycles. The summed E-state index contributed by atoms with van der Waals surface area (Å²) < 4.78 is 0. The Morgan fingerprint density at radius 3 is 2.23 bits per heavy atom. The predicted octanol–water partition coefficient (Wildman–Crippen LogP) is 5.95. The number of hydrogen-bond acceptors (Lipinski definition) is 2. The first-order valence-electron chi connectivity index (χ1n) is 10.2. The van der Waals surface area contributed by atoms with Crippen LogP contribution in [0.25, 0.3) is 0 Å². The van der Waals surface area contributed by atoms with Crippen molar-refractivity contribution in [3.8, 4) is 0 Å². The lowest BCUT2D eigenvalue weighted by Gasteiger charge is -2.29. The molecule has 0 saturated carbocycles. The molecule has 2 aliphatic heterocycles. The molecule has 0 amide bonds. The summed E-state index contributed by atoms with van der Waals surface area (Å²) in [6.07, 6.45) is 21.3. The average Bonchev–Trinajstić information content (AvgIpc) is 2.96. The molecular weight excluding hydrogens is 268 g/mol. The molecule has 128 valence electrons. The molecule has 1 fully saturated rings. The zero-order valence-electron chi connectivity index (χ0n) is 15.0. The molecule has 0 N–H and O–H groups in total. The van der Waals surface area contributed by atoms with Gasteiger partial charge in [-0.3, -0.25) is 4.99 Å². The number of nitrogens with zero attached hydrogens (tertiary/aromatic N) is 2. The Hall–Kier alpha value is -0.530. The van der Waals surface area contributed by atoms with E-state index in [9.17, 15) is 0 Å².